The van der Waals surface area contributed by atoms with Crippen LogP contribution in [-0.4, -0.2) is 33.8 Å². The first kappa shape index (κ1) is 20.3. The van der Waals surface area contributed by atoms with Gasteiger partial charge in [-0.05, 0) is 31.9 Å². The molecule has 1 aliphatic heterocycles. The Morgan fingerprint density at radius 2 is 2.00 bits per heavy atom. The second-order valence-electron chi connectivity index (χ2n) is 8.18. The predicted molar refractivity (Wildman–Crippen MR) is 111 cm³/mol. The zero-order valence-electron chi connectivity index (χ0n) is 16.7. The van der Waals surface area contributed by atoms with Crippen molar-refractivity contribution in [2.24, 2.45) is 0 Å². The Balaban J connectivity index is 1.84. The Morgan fingerprint density at radius 1 is 1.32 bits per heavy atom. The van der Waals surface area contributed by atoms with Gasteiger partial charge in [0.25, 0.3) is 11.6 Å². The van der Waals surface area contributed by atoms with E-state index in [-0.39, 0.29) is 28.6 Å². The molecule has 8 heteroatoms. The van der Waals surface area contributed by atoms with Crippen molar-refractivity contribution < 1.29 is 9.72 Å². The lowest BCUT2D eigenvalue weighted by Crippen LogP contribution is -2.28. The summed E-state index contributed by atoms with van der Waals surface area (Å²) in [6.45, 7) is 9.66. The Morgan fingerprint density at radius 3 is 2.57 bits per heavy atom. The third-order valence-electron chi connectivity index (χ3n) is 4.86. The highest BCUT2D eigenvalue weighted by atomic mass is 32.1. The maximum absolute atomic E-state index is 12.8. The van der Waals surface area contributed by atoms with E-state index in [9.17, 15) is 14.9 Å². The van der Waals surface area contributed by atoms with Gasteiger partial charge in [-0.1, -0.05) is 20.8 Å². The maximum atomic E-state index is 12.8. The lowest BCUT2D eigenvalue weighted by atomic mass is 9.93. The number of nitrogens with one attached hydrogen (secondary N) is 1. The molecule has 1 amide bonds. The SMILES string of the molecule is CC(Nc1ccc([N+](=O)[O-])c(C(=O)N2CCCC2)c1)c1nc(C(C)(C)C)cs1. The number of thiazole rings is 1. The van der Waals surface area contributed by atoms with Crippen LogP contribution in [0, 0.1) is 10.1 Å². The number of anilines is 1. The molecule has 0 aliphatic carbocycles. The van der Waals surface area contributed by atoms with Crippen molar-refractivity contribution in [1.29, 1.82) is 0 Å². The largest absolute Gasteiger partial charge is 0.376 e. The second kappa shape index (κ2) is 7.87. The van der Waals surface area contributed by atoms with Crippen LogP contribution in [0.5, 0.6) is 0 Å². The minimum absolute atomic E-state index is 0.0167. The fraction of sp³-hybridized carbons (Fsp3) is 0.500. The Hall–Kier alpha value is -2.48. The van der Waals surface area contributed by atoms with E-state index in [4.69, 9.17) is 4.98 Å². The molecular formula is C20H26N4O3S. The van der Waals surface area contributed by atoms with Gasteiger partial charge in [0.1, 0.15) is 10.6 Å². The molecule has 1 fully saturated rings. The molecule has 1 unspecified atom stereocenters. The molecule has 0 bridgehead atoms. The van der Waals surface area contributed by atoms with Crippen LogP contribution in [0.1, 0.15) is 67.6 Å². The summed E-state index contributed by atoms with van der Waals surface area (Å²) in [4.78, 5) is 30.1. The molecule has 28 heavy (non-hydrogen) atoms. The molecule has 1 atom stereocenters. The number of benzene rings is 1. The minimum Gasteiger partial charge on any atom is -0.376 e. The van der Waals surface area contributed by atoms with Gasteiger partial charge in [-0.3, -0.25) is 14.9 Å². The quantitative estimate of drug-likeness (QED) is 0.575. The second-order valence-corrected chi connectivity index (χ2v) is 9.07. The third-order valence-corrected chi connectivity index (χ3v) is 5.89. The van der Waals surface area contributed by atoms with Gasteiger partial charge >= 0.3 is 0 Å². The molecule has 1 saturated heterocycles. The van der Waals surface area contributed by atoms with Gasteiger partial charge in [0.15, 0.2) is 0 Å². The molecule has 0 radical (unpaired) electrons. The van der Waals surface area contributed by atoms with Gasteiger partial charge < -0.3 is 10.2 Å². The van der Waals surface area contributed by atoms with Gasteiger partial charge in [-0.25, -0.2) is 4.98 Å². The van der Waals surface area contributed by atoms with Crippen LogP contribution >= 0.6 is 11.3 Å². The highest BCUT2D eigenvalue weighted by Gasteiger charge is 2.27. The topological polar surface area (TPSA) is 88.4 Å². The van der Waals surface area contributed by atoms with Crippen molar-refractivity contribution >= 4 is 28.6 Å². The number of likely N-dealkylation sites (tertiary alicyclic amines) is 1. The number of hydrogen-bond donors (Lipinski definition) is 1. The molecule has 0 spiro atoms. The highest BCUT2D eigenvalue weighted by Crippen LogP contribution is 2.30. The van der Waals surface area contributed by atoms with Gasteiger partial charge in [0.2, 0.25) is 0 Å². The van der Waals surface area contributed by atoms with Crippen LogP contribution < -0.4 is 5.32 Å². The smallest absolute Gasteiger partial charge is 0.282 e. The molecule has 1 aliphatic rings. The van der Waals surface area contributed by atoms with Gasteiger partial charge in [-0.15, -0.1) is 11.3 Å². The molecule has 7 nitrogen and oxygen atoms in total. The highest BCUT2D eigenvalue weighted by molar-refractivity contribution is 7.09. The van der Waals surface area contributed by atoms with Crippen LogP contribution in [-0.2, 0) is 5.41 Å². The van der Waals surface area contributed by atoms with Crippen molar-refractivity contribution in [2.75, 3.05) is 18.4 Å². The predicted octanol–water partition coefficient (Wildman–Crippen LogP) is 4.76. The van der Waals surface area contributed by atoms with Crippen molar-refractivity contribution in [3.63, 3.8) is 0 Å². The van der Waals surface area contributed by atoms with E-state index in [1.807, 2.05) is 6.92 Å². The van der Waals surface area contributed by atoms with E-state index in [0.717, 1.165) is 23.5 Å². The Bertz CT molecular complexity index is 882. The summed E-state index contributed by atoms with van der Waals surface area (Å²) in [7, 11) is 0. The lowest BCUT2D eigenvalue weighted by Gasteiger charge is -2.18. The lowest BCUT2D eigenvalue weighted by molar-refractivity contribution is -0.385. The fourth-order valence-corrected chi connectivity index (χ4v) is 4.24. The van der Waals surface area contributed by atoms with Crippen molar-refractivity contribution in [1.82, 2.24) is 9.88 Å². The van der Waals surface area contributed by atoms with Crippen LogP contribution in [0.4, 0.5) is 11.4 Å². The number of nitrogens with zero attached hydrogens (tertiary/aromatic N) is 3. The molecule has 150 valence electrons. The van der Waals surface area contributed by atoms with E-state index >= 15 is 0 Å². The van der Waals surface area contributed by atoms with E-state index in [1.54, 1.807) is 28.4 Å². The molecule has 3 rings (SSSR count). The minimum atomic E-state index is -0.493. The summed E-state index contributed by atoms with van der Waals surface area (Å²) >= 11 is 1.59. The maximum Gasteiger partial charge on any atom is 0.282 e. The summed E-state index contributed by atoms with van der Waals surface area (Å²) in [5, 5.41) is 17.7. The summed E-state index contributed by atoms with van der Waals surface area (Å²) in [6, 6.07) is 4.57. The van der Waals surface area contributed by atoms with Crippen LogP contribution in [0.15, 0.2) is 23.6 Å². The molecule has 2 aromatic rings. The average molecular weight is 403 g/mol. The average Bonchev–Trinajstić information content (AvgIpc) is 3.32. The van der Waals surface area contributed by atoms with Crippen LogP contribution in [0.25, 0.3) is 0 Å². The monoisotopic (exact) mass is 402 g/mol. The van der Waals surface area contributed by atoms with Crippen LogP contribution in [0.3, 0.4) is 0 Å². The first-order chi connectivity index (χ1) is 13.2. The van der Waals surface area contributed by atoms with Crippen molar-refractivity contribution in [3.05, 3.63) is 50.0 Å². The van der Waals surface area contributed by atoms with Gasteiger partial charge in [-0.2, -0.15) is 0 Å². The van der Waals surface area contributed by atoms with Gasteiger partial charge in [0.05, 0.1) is 16.7 Å². The summed E-state index contributed by atoms with van der Waals surface area (Å²) in [5.74, 6) is -0.273. The number of rotatable bonds is 5. The van der Waals surface area contributed by atoms with Crippen LogP contribution in [0.2, 0.25) is 0 Å². The summed E-state index contributed by atoms with van der Waals surface area (Å²) < 4.78 is 0. The molecule has 2 heterocycles. The number of carbonyl (C=O) groups is 1. The van der Waals surface area contributed by atoms with E-state index in [0.29, 0.717) is 18.8 Å². The van der Waals surface area contributed by atoms with Crippen molar-refractivity contribution in [2.45, 2.75) is 52.0 Å². The van der Waals surface area contributed by atoms with E-state index < -0.39 is 4.92 Å². The number of nitro benzene ring substituents is 1. The van der Waals surface area contributed by atoms with Crippen molar-refractivity contribution in [3.8, 4) is 0 Å². The summed E-state index contributed by atoms with van der Waals surface area (Å²) in [6.07, 6.45) is 1.88. The zero-order valence-corrected chi connectivity index (χ0v) is 17.5. The first-order valence-corrected chi connectivity index (χ1v) is 10.3. The summed E-state index contributed by atoms with van der Waals surface area (Å²) in [5.41, 5.74) is 1.68. The van der Waals surface area contributed by atoms with Gasteiger partial charge in [0, 0.05) is 35.6 Å². The number of amides is 1. The number of nitro groups is 1. The standard InChI is InChI=1S/C20H26N4O3S/c1-13(18-22-17(12-28-18)20(2,3)4)21-14-7-8-16(24(26)27)15(11-14)19(25)23-9-5-6-10-23/h7-8,11-13,21H,5-6,9-10H2,1-4H3. The number of hydrogen-bond acceptors (Lipinski definition) is 6. The third kappa shape index (κ3) is 4.32. The molecule has 1 aromatic heterocycles. The zero-order chi connectivity index (χ0) is 20.5. The molecule has 1 aromatic carbocycles. The Kier molecular flexibility index (Phi) is 5.69. The fourth-order valence-electron chi connectivity index (χ4n) is 3.19. The number of carbonyl (C=O) groups excluding carboxylic acids is 1. The molecular weight excluding hydrogens is 376 g/mol. The van der Waals surface area contributed by atoms with E-state index in [2.05, 4.69) is 31.5 Å². The molecule has 0 saturated carbocycles. The number of aromatic nitrogens is 1. The normalized spacial score (nSPS) is 15.5. The molecule has 1 N–H and O–H groups in total. The first-order valence-electron chi connectivity index (χ1n) is 9.47. The van der Waals surface area contributed by atoms with E-state index in [1.165, 1.54) is 6.07 Å². The Labute approximate surface area is 168 Å².